The van der Waals surface area contributed by atoms with Gasteiger partial charge in [0.1, 0.15) is 6.61 Å². The molecule has 0 aromatic carbocycles. The Kier molecular flexibility index (Phi) is 40.6. The summed E-state index contributed by atoms with van der Waals surface area (Å²) in [5.41, 5.74) is 0. The Morgan fingerprint density at radius 3 is 1.25 bits per heavy atom. The minimum absolute atomic E-state index is 0.0731. The van der Waals surface area contributed by atoms with Crippen molar-refractivity contribution in [1.29, 1.82) is 0 Å². The fraction of sp³-hybridized carbons (Fsp3) is 0.702. The highest BCUT2D eigenvalue weighted by Crippen LogP contribution is 2.14. The van der Waals surface area contributed by atoms with Crippen LogP contribution in [-0.4, -0.2) is 36.4 Å². The largest absolute Gasteiger partial charge is 0.462 e. The molecule has 1 unspecified atom stereocenters. The van der Waals surface area contributed by atoms with E-state index >= 15 is 0 Å². The standard InChI is InChI=1S/C47H80O5/c1-3-5-7-9-11-13-15-17-18-19-20-21-22-23-24-25-26-27-28-30-32-34-36-38-40-42-47(50)52-45(43-48)44-51-46(49)41-39-37-35-33-31-29-16-14-12-10-8-6-4-2/h5,7,11,13,17-18,20-21,23-24,26-27,45,48H,3-4,6,8-10,12,14-16,19,22,25,28-44H2,1-2H3/b7-5-,13-11-,18-17-,21-20-,24-23-,27-26-. The molecule has 0 spiro atoms. The molecule has 1 atom stereocenters. The van der Waals surface area contributed by atoms with Gasteiger partial charge in [0.2, 0.25) is 0 Å². The third-order valence-corrected chi connectivity index (χ3v) is 9.01. The van der Waals surface area contributed by atoms with Crippen molar-refractivity contribution >= 4 is 11.9 Å². The number of carbonyl (C=O) groups excluding carboxylic acids is 2. The number of allylic oxidation sites excluding steroid dienone is 12. The molecule has 0 aromatic heterocycles. The Hall–Kier alpha value is -2.66. The molecule has 52 heavy (non-hydrogen) atoms. The van der Waals surface area contributed by atoms with Crippen LogP contribution in [-0.2, 0) is 19.1 Å². The van der Waals surface area contributed by atoms with Crippen molar-refractivity contribution in [3.05, 3.63) is 72.9 Å². The molecule has 0 amide bonds. The number of esters is 2. The maximum atomic E-state index is 12.2. The monoisotopic (exact) mass is 725 g/mol. The van der Waals surface area contributed by atoms with Gasteiger partial charge in [0.05, 0.1) is 6.61 Å². The van der Waals surface area contributed by atoms with Crippen molar-refractivity contribution in [3.8, 4) is 0 Å². The van der Waals surface area contributed by atoms with Crippen LogP contribution in [0.1, 0.15) is 194 Å². The van der Waals surface area contributed by atoms with E-state index in [0.29, 0.717) is 12.8 Å². The van der Waals surface area contributed by atoms with E-state index in [1.54, 1.807) is 0 Å². The number of hydrogen-bond acceptors (Lipinski definition) is 5. The molecule has 0 heterocycles. The van der Waals surface area contributed by atoms with Crippen LogP contribution in [0.3, 0.4) is 0 Å². The van der Waals surface area contributed by atoms with Gasteiger partial charge < -0.3 is 14.6 Å². The molecule has 298 valence electrons. The lowest BCUT2D eigenvalue weighted by molar-refractivity contribution is -0.161. The normalized spacial score (nSPS) is 12.9. The number of aliphatic hydroxyl groups is 1. The highest BCUT2D eigenvalue weighted by molar-refractivity contribution is 5.70. The van der Waals surface area contributed by atoms with Crippen LogP contribution in [0.25, 0.3) is 0 Å². The zero-order valence-corrected chi connectivity index (χ0v) is 33.8. The van der Waals surface area contributed by atoms with Gasteiger partial charge in [-0.15, -0.1) is 0 Å². The Morgan fingerprint density at radius 2 is 0.827 bits per heavy atom. The van der Waals surface area contributed by atoms with Gasteiger partial charge in [-0.1, -0.05) is 189 Å². The first-order chi connectivity index (χ1) is 25.6. The van der Waals surface area contributed by atoms with E-state index in [1.165, 1.54) is 83.5 Å². The van der Waals surface area contributed by atoms with E-state index in [9.17, 15) is 14.7 Å². The van der Waals surface area contributed by atoms with Gasteiger partial charge in [-0.05, 0) is 64.2 Å². The molecule has 0 radical (unpaired) electrons. The Bertz CT molecular complexity index is 957. The predicted octanol–water partition coefficient (Wildman–Crippen LogP) is 13.7. The van der Waals surface area contributed by atoms with E-state index in [4.69, 9.17) is 9.47 Å². The van der Waals surface area contributed by atoms with Crippen LogP contribution in [0.15, 0.2) is 72.9 Å². The number of carbonyl (C=O) groups is 2. The topological polar surface area (TPSA) is 72.8 Å². The summed E-state index contributed by atoms with van der Waals surface area (Å²) in [5, 5.41) is 9.57. The molecule has 0 aliphatic carbocycles. The summed E-state index contributed by atoms with van der Waals surface area (Å²) >= 11 is 0. The maximum Gasteiger partial charge on any atom is 0.306 e. The van der Waals surface area contributed by atoms with Crippen molar-refractivity contribution in [2.75, 3.05) is 13.2 Å². The molecule has 0 rings (SSSR count). The predicted molar refractivity (Wildman–Crippen MR) is 223 cm³/mol. The molecule has 0 saturated carbocycles. The second-order valence-electron chi connectivity index (χ2n) is 14.0. The quantitative estimate of drug-likeness (QED) is 0.0390. The first-order valence-electron chi connectivity index (χ1n) is 21.5. The Balaban J connectivity index is 3.61. The lowest BCUT2D eigenvalue weighted by atomic mass is 10.0. The third kappa shape index (κ3) is 40.1. The van der Waals surface area contributed by atoms with E-state index in [0.717, 1.165) is 83.5 Å². The second-order valence-corrected chi connectivity index (χ2v) is 14.0. The molecule has 0 saturated heterocycles. The number of ether oxygens (including phenoxy) is 2. The van der Waals surface area contributed by atoms with Crippen molar-refractivity contribution in [3.63, 3.8) is 0 Å². The first kappa shape index (κ1) is 49.3. The number of rotatable bonds is 38. The summed E-state index contributed by atoms with van der Waals surface area (Å²) in [6.45, 7) is 4.01. The van der Waals surface area contributed by atoms with Crippen LogP contribution in [0.5, 0.6) is 0 Å². The lowest BCUT2D eigenvalue weighted by Gasteiger charge is -2.15. The Labute approximate surface area is 321 Å². The van der Waals surface area contributed by atoms with Crippen molar-refractivity contribution in [1.82, 2.24) is 0 Å². The summed E-state index contributed by atoms with van der Waals surface area (Å²) < 4.78 is 10.6. The van der Waals surface area contributed by atoms with Gasteiger partial charge in [0, 0.05) is 12.8 Å². The van der Waals surface area contributed by atoms with Gasteiger partial charge >= 0.3 is 11.9 Å². The summed E-state index contributed by atoms with van der Waals surface area (Å²) in [7, 11) is 0. The van der Waals surface area contributed by atoms with Crippen LogP contribution >= 0.6 is 0 Å². The average Bonchev–Trinajstić information content (AvgIpc) is 3.15. The highest BCUT2D eigenvalue weighted by Gasteiger charge is 2.16. The van der Waals surface area contributed by atoms with Crippen molar-refractivity contribution in [2.24, 2.45) is 0 Å². The van der Waals surface area contributed by atoms with Crippen molar-refractivity contribution < 1.29 is 24.2 Å². The summed E-state index contributed by atoms with van der Waals surface area (Å²) in [6, 6.07) is 0. The van der Waals surface area contributed by atoms with Gasteiger partial charge in [0.15, 0.2) is 6.10 Å². The maximum absolute atomic E-state index is 12.2. The zero-order valence-electron chi connectivity index (χ0n) is 33.8. The average molecular weight is 725 g/mol. The van der Waals surface area contributed by atoms with Gasteiger partial charge in [-0.2, -0.15) is 0 Å². The van der Waals surface area contributed by atoms with Gasteiger partial charge in [0.25, 0.3) is 0 Å². The van der Waals surface area contributed by atoms with E-state index < -0.39 is 6.10 Å². The molecule has 0 aliphatic heterocycles. The fourth-order valence-corrected chi connectivity index (χ4v) is 5.79. The SMILES string of the molecule is CC/C=C\C/C=C\C/C=C\C/C=C\C/C=C\C/C=C\CCCCCCCCC(=O)OC(CO)COC(=O)CCCCCCCCCCCCCCC. The third-order valence-electron chi connectivity index (χ3n) is 9.01. The molecule has 1 N–H and O–H groups in total. The lowest BCUT2D eigenvalue weighted by Crippen LogP contribution is -2.28. The first-order valence-corrected chi connectivity index (χ1v) is 21.5. The minimum Gasteiger partial charge on any atom is -0.462 e. The fourth-order valence-electron chi connectivity index (χ4n) is 5.79. The molecule has 0 bridgehead atoms. The van der Waals surface area contributed by atoms with E-state index in [-0.39, 0.29) is 25.2 Å². The van der Waals surface area contributed by atoms with Crippen LogP contribution in [0.2, 0.25) is 0 Å². The molecule has 5 nitrogen and oxygen atoms in total. The van der Waals surface area contributed by atoms with Gasteiger partial charge in [-0.25, -0.2) is 0 Å². The highest BCUT2D eigenvalue weighted by atomic mass is 16.6. The van der Waals surface area contributed by atoms with Crippen molar-refractivity contribution in [2.45, 2.75) is 200 Å². The van der Waals surface area contributed by atoms with Gasteiger partial charge in [-0.3, -0.25) is 9.59 Å². The summed E-state index contributed by atoms with van der Waals surface area (Å²) in [4.78, 5) is 24.3. The Morgan fingerprint density at radius 1 is 0.462 bits per heavy atom. The van der Waals surface area contributed by atoms with Crippen LogP contribution in [0.4, 0.5) is 0 Å². The van der Waals surface area contributed by atoms with E-state index in [1.807, 2.05) is 0 Å². The minimum atomic E-state index is -0.780. The van der Waals surface area contributed by atoms with Crippen LogP contribution in [0, 0.1) is 0 Å². The molecule has 0 aromatic rings. The summed E-state index contributed by atoms with van der Waals surface area (Å²) in [6.07, 6.45) is 56.8. The molecule has 5 heteroatoms. The molecular formula is C47H80O5. The summed E-state index contributed by atoms with van der Waals surface area (Å²) in [5.74, 6) is -0.609. The number of aliphatic hydroxyl groups excluding tert-OH is 1. The number of unbranched alkanes of at least 4 members (excludes halogenated alkanes) is 18. The number of hydrogen-bond donors (Lipinski definition) is 1. The molecule has 0 fully saturated rings. The van der Waals surface area contributed by atoms with Crippen LogP contribution < -0.4 is 0 Å². The van der Waals surface area contributed by atoms with E-state index in [2.05, 4.69) is 86.8 Å². The zero-order chi connectivity index (χ0) is 37.8. The molecular weight excluding hydrogens is 645 g/mol. The molecule has 0 aliphatic rings. The smallest absolute Gasteiger partial charge is 0.306 e. The second kappa shape index (κ2) is 42.8.